The number of aryl methyl sites for hydroxylation is 1. The minimum absolute atomic E-state index is 0.506. The molecular weight excluding hydrogens is 242 g/mol. The molecule has 0 bridgehead atoms. The van der Waals surface area contributed by atoms with Crippen LogP contribution in [-0.4, -0.2) is 13.2 Å². The lowest BCUT2D eigenvalue weighted by atomic mass is 10.1. The molecule has 0 saturated heterocycles. The predicted octanol–water partition coefficient (Wildman–Crippen LogP) is 3.85. The number of methoxy groups -OCH3 is 1. The van der Waals surface area contributed by atoms with Gasteiger partial charge in [-0.2, -0.15) is 0 Å². The van der Waals surface area contributed by atoms with E-state index in [1.165, 1.54) is 26.1 Å². The Morgan fingerprint density at radius 3 is 2.78 bits per heavy atom. The maximum Gasteiger partial charge on any atom is 0.0730 e. The Balaban J connectivity index is 2.43. The normalized spacial score (nSPS) is 11.6. The lowest BCUT2D eigenvalue weighted by Gasteiger charge is -2.08. The van der Waals surface area contributed by atoms with Gasteiger partial charge in [-0.3, -0.25) is 0 Å². The fourth-order valence-corrected chi connectivity index (χ4v) is 3.33. The average Bonchev–Trinajstić information content (AvgIpc) is 2.67. The highest BCUT2D eigenvalue weighted by Gasteiger charge is 2.13. The van der Waals surface area contributed by atoms with Gasteiger partial charge in [-0.1, -0.05) is 32.0 Å². The summed E-state index contributed by atoms with van der Waals surface area (Å²) in [7, 11) is 1.76. The van der Waals surface area contributed by atoms with Gasteiger partial charge in [-0.15, -0.1) is 11.3 Å². The van der Waals surface area contributed by atoms with E-state index in [-0.39, 0.29) is 0 Å². The summed E-state index contributed by atoms with van der Waals surface area (Å²) >= 11 is 1.89. The number of hydrogen-bond donors (Lipinski definition) is 1. The SMILES string of the molecule is COCc1c(CNC(C)C)sc2c(C)cccc12. The maximum absolute atomic E-state index is 5.36. The van der Waals surface area contributed by atoms with Gasteiger partial charge in [-0.25, -0.2) is 0 Å². The Hall–Kier alpha value is -0.900. The van der Waals surface area contributed by atoms with E-state index in [0.29, 0.717) is 12.6 Å². The molecule has 0 aliphatic carbocycles. The molecule has 2 nitrogen and oxygen atoms in total. The van der Waals surface area contributed by atoms with Crippen molar-refractivity contribution in [3.8, 4) is 0 Å². The van der Waals surface area contributed by atoms with Crippen molar-refractivity contribution < 1.29 is 4.74 Å². The Morgan fingerprint density at radius 2 is 2.11 bits per heavy atom. The van der Waals surface area contributed by atoms with E-state index in [1.54, 1.807) is 7.11 Å². The summed E-state index contributed by atoms with van der Waals surface area (Å²) in [6.07, 6.45) is 0. The van der Waals surface area contributed by atoms with Gasteiger partial charge >= 0.3 is 0 Å². The summed E-state index contributed by atoms with van der Waals surface area (Å²) < 4.78 is 6.75. The van der Waals surface area contributed by atoms with Crippen LogP contribution in [0.5, 0.6) is 0 Å². The van der Waals surface area contributed by atoms with Crippen LogP contribution in [0.15, 0.2) is 18.2 Å². The molecule has 0 fully saturated rings. The van der Waals surface area contributed by atoms with E-state index in [2.05, 4.69) is 44.3 Å². The van der Waals surface area contributed by atoms with Gasteiger partial charge in [0.25, 0.3) is 0 Å². The molecule has 98 valence electrons. The van der Waals surface area contributed by atoms with Crippen LogP contribution in [0.2, 0.25) is 0 Å². The predicted molar refractivity (Wildman–Crippen MR) is 79.3 cm³/mol. The molecule has 18 heavy (non-hydrogen) atoms. The van der Waals surface area contributed by atoms with Crippen LogP contribution >= 0.6 is 11.3 Å². The first-order valence-electron chi connectivity index (χ1n) is 6.35. The first-order chi connectivity index (χ1) is 8.63. The molecule has 0 unspecified atom stereocenters. The number of hydrogen-bond acceptors (Lipinski definition) is 3. The highest BCUT2D eigenvalue weighted by molar-refractivity contribution is 7.19. The van der Waals surface area contributed by atoms with Crippen LogP contribution in [-0.2, 0) is 17.9 Å². The molecule has 0 amide bonds. The summed E-state index contributed by atoms with van der Waals surface area (Å²) in [5.41, 5.74) is 2.69. The lowest BCUT2D eigenvalue weighted by molar-refractivity contribution is 0.185. The molecule has 2 aromatic rings. The molecule has 0 radical (unpaired) electrons. The van der Waals surface area contributed by atoms with Gasteiger partial charge in [0.2, 0.25) is 0 Å². The first-order valence-corrected chi connectivity index (χ1v) is 7.17. The second-order valence-electron chi connectivity index (χ2n) is 4.92. The van der Waals surface area contributed by atoms with Gasteiger partial charge in [0.15, 0.2) is 0 Å². The third-order valence-electron chi connectivity index (χ3n) is 3.06. The third-order valence-corrected chi connectivity index (χ3v) is 4.44. The number of nitrogens with one attached hydrogen (secondary N) is 1. The fourth-order valence-electron chi connectivity index (χ4n) is 2.10. The van der Waals surface area contributed by atoms with Crippen LogP contribution in [0.4, 0.5) is 0 Å². The highest BCUT2D eigenvalue weighted by atomic mass is 32.1. The Kier molecular flexibility index (Phi) is 4.38. The van der Waals surface area contributed by atoms with Crippen molar-refractivity contribution in [3.63, 3.8) is 0 Å². The van der Waals surface area contributed by atoms with Crippen molar-refractivity contribution >= 4 is 21.4 Å². The van der Waals surface area contributed by atoms with Gasteiger partial charge in [0, 0.05) is 34.8 Å². The Bertz CT molecular complexity index is 531. The van der Waals surface area contributed by atoms with Gasteiger partial charge < -0.3 is 10.1 Å². The monoisotopic (exact) mass is 263 g/mol. The number of fused-ring (bicyclic) bond motifs is 1. The van der Waals surface area contributed by atoms with E-state index >= 15 is 0 Å². The van der Waals surface area contributed by atoms with Crippen LogP contribution in [0.3, 0.4) is 0 Å². The van der Waals surface area contributed by atoms with E-state index in [4.69, 9.17) is 4.74 Å². The summed E-state index contributed by atoms with van der Waals surface area (Å²) in [5.74, 6) is 0. The Labute approximate surface area is 113 Å². The van der Waals surface area contributed by atoms with Crippen molar-refractivity contribution in [2.45, 2.75) is 40.0 Å². The van der Waals surface area contributed by atoms with Crippen LogP contribution < -0.4 is 5.32 Å². The average molecular weight is 263 g/mol. The fraction of sp³-hybridized carbons (Fsp3) is 0.467. The van der Waals surface area contributed by atoms with Crippen molar-refractivity contribution in [2.75, 3.05) is 7.11 Å². The number of thiophene rings is 1. The smallest absolute Gasteiger partial charge is 0.0730 e. The standard InChI is InChI=1S/C15H21NOS/c1-10(2)16-8-14-13(9-17-4)12-7-5-6-11(3)15(12)18-14/h5-7,10,16H,8-9H2,1-4H3. The highest BCUT2D eigenvalue weighted by Crippen LogP contribution is 2.34. The zero-order valence-electron chi connectivity index (χ0n) is 11.5. The van der Waals surface area contributed by atoms with Crippen molar-refractivity contribution in [1.82, 2.24) is 5.32 Å². The van der Waals surface area contributed by atoms with E-state index < -0.39 is 0 Å². The van der Waals surface area contributed by atoms with Crippen molar-refractivity contribution in [3.05, 3.63) is 34.2 Å². The summed E-state index contributed by atoms with van der Waals surface area (Å²) in [4.78, 5) is 1.40. The zero-order valence-corrected chi connectivity index (χ0v) is 12.4. The largest absolute Gasteiger partial charge is 0.380 e. The van der Waals surface area contributed by atoms with Crippen LogP contribution in [0, 0.1) is 6.92 Å². The van der Waals surface area contributed by atoms with Crippen molar-refractivity contribution in [2.24, 2.45) is 0 Å². The van der Waals surface area contributed by atoms with E-state index in [9.17, 15) is 0 Å². The number of benzene rings is 1. The second kappa shape index (κ2) is 5.83. The second-order valence-corrected chi connectivity index (χ2v) is 6.03. The molecule has 0 spiro atoms. The molecule has 2 rings (SSSR count). The quantitative estimate of drug-likeness (QED) is 0.884. The molecule has 1 aromatic heterocycles. The van der Waals surface area contributed by atoms with Crippen LogP contribution in [0.1, 0.15) is 29.9 Å². The summed E-state index contributed by atoms with van der Waals surface area (Å²) in [5, 5.41) is 4.85. The van der Waals surface area contributed by atoms with Crippen LogP contribution in [0.25, 0.3) is 10.1 Å². The molecule has 0 aliphatic heterocycles. The third kappa shape index (κ3) is 2.74. The maximum atomic E-state index is 5.36. The zero-order chi connectivity index (χ0) is 13.1. The molecular formula is C15H21NOS. The lowest BCUT2D eigenvalue weighted by Crippen LogP contribution is -2.21. The Morgan fingerprint density at radius 1 is 1.33 bits per heavy atom. The van der Waals surface area contributed by atoms with E-state index in [1.807, 2.05) is 11.3 Å². The minimum atomic E-state index is 0.506. The van der Waals surface area contributed by atoms with Crippen molar-refractivity contribution in [1.29, 1.82) is 0 Å². The molecule has 3 heteroatoms. The summed E-state index contributed by atoms with van der Waals surface area (Å²) in [6.45, 7) is 8.14. The van der Waals surface area contributed by atoms with Gasteiger partial charge in [0.05, 0.1) is 6.61 Å². The molecule has 1 heterocycles. The molecule has 1 N–H and O–H groups in total. The molecule has 0 aliphatic rings. The van der Waals surface area contributed by atoms with E-state index in [0.717, 1.165) is 6.54 Å². The van der Waals surface area contributed by atoms with Gasteiger partial charge in [-0.05, 0) is 17.9 Å². The minimum Gasteiger partial charge on any atom is -0.380 e. The number of rotatable bonds is 5. The number of ether oxygens (including phenoxy) is 1. The molecule has 0 atom stereocenters. The molecule has 1 aromatic carbocycles. The first kappa shape index (κ1) is 13.5. The molecule has 0 saturated carbocycles. The summed E-state index contributed by atoms with van der Waals surface area (Å²) in [6, 6.07) is 7.01. The van der Waals surface area contributed by atoms with Gasteiger partial charge in [0.1, 0.15) is 0 Å². The topological polar surface area (TPSA) is 21.3 Å².